The van der Waals surface area contributed by atoms with Crippen LogP contribution in [-0.4, -0.2) is 52.7 Å². The van der Waals surface area contributed by atoms with E-state index in [1.807, 2.05) is 0 Å². The summed E-state index contributed by atoms with van der Waals surface area (Å²) in [6.07, 6.45) is 0.729. The van der Waals surface area contributed by atoms with Crippen LogP contribution in [0.5, 0.6) is 0 Å². The number of nitrogens with one attached hydrogen (secondary N) is 1. The Morgan fingerprint density at radius 1 is 1.29 bits per heavy atom. The van der Waals surface area contributed by atoms with E-state index in [2.05, 4.69) is 10.2 Å². The molecule has 2 N–H and O–H groups in total. The average molecular weight is 450 g/mol. The minimum Gasteiger partial charge on any atom is -0.465 e. The molecule has 2 heterocycles. The number of halogens is 3. The zero-order chi connectivity index (χ0) is 22.0. The van der Waals surface area contributed by atoms with Gasteiger partial charge in [0, 0.05) is 34.5 Å². The lowest BCUT2D eigenvalue weighted by Gasteiger charge is -2.41. The van der Waals surface area contributed by atoms with Crippen molar-refractivity contribution in [1.82, 2.24) is 15.1 Å². The van der Waals surface area contributed by atoms with E-state index >= 15 is 0 Å². The van der Waals surface area contributed by atoms with Crippen molar-refractivity contribution in [2.24, 2.45) is 0 Å². The van der Waals surface area contributed by atoms with Gasteiger partial charge < -0.3 is 14.7 Å². The van der Waals surface area contributed by atoms with Crippen molar-refractivity contribution >= 4 is 28.6 Å². The molecule has 31 heavy (non-hydrogen) atoms. The first-order chi connectivity index (χ1) is 14.9. The third-order valence-electron chi connectivity index (χ3n) is 6.04. The molecule has 1 amide bonds. The Bertz CT molecular complexity index is 1070. The van der Waals surface area contributed by atoms with E-state index in [1.165, 1.54) is 17.0 Å². The van der Waals surface area contributed by atoms with Crippen LogP contribution in [0.15, 0.2) is 42.6 Å². The molecule has 0 spiro atoms. The maximum absolute atomic E-state index is 14.1. The molecule has 1 aliphatic heterocycles. The number of H-pyrrole nitrogens is 1. The maximum atomic E-state index is 14.1. The van der Waals surface area contributed by atoms with E-state index in [0.717, 1.165) is 10.9 Å². The number of aromatic nitrogens is 2. The predicted octanol–water partition coefficient (Wildman–Crippen LogP) is 5.09. The van der Waals surface area contributed by atoms with Gasteiger partial charge in [-0.1, -0.05) is 23.7 Å². The minimum absolute atomic E-state index is 0.156. The molecular formula is C22H22ClF2N3O3. The van der Waals surface area contributed by atoms with Gasteiger partial charge in [0.2, 0.25) is 0 Å². The van der Waals surface area contributed by atoms with Gasteiger partial charge in [0.1, 0.15) is 18.6 Å². The lowest BCUT2D eigenvalue weighted by atomic mass is 9.73. The standard InChI is InChI=1S/C22H22ClF2N3O3/c23-16-9-14-12-26-27-20(14)18(10-16)19(11-24)31-13-22(15-1-3-17(25)4-2-15)5-7-28(8-6-22)21(29)30/h1-4,9-10,12,19H,5-8,11,13H2,(H,26,27)(H,29,30). The van der Waals surface area contributed by atoms with Gasteiger partial charge in [0.05, 0.1) is 18.3 Å². The van der Waals surface area contributed by atoms with Gasteiger partial charge in [-0.25, -0.2) is 13.6 Å². The van der Waals surface area contributed by atoms with Crippen LogP contribution >= 0.6 is 11.6 Å². The number of carbonyl (C=O) groups is 1. The molecule has 1 atom stereocenters. The molecule has 0 radical (unpaired) electrons. The monoisotopic (exact) mass is 449 g/mol. The predicted molar refractivity (Wildman–Crippen MR) is 113 cm³/mol. The summed E-state index contributed by atoms with van der Waals surface area (Å²) in [5.74, 6) is -0.356. The van der Waals surface area contributed by atoms with Gasteiger partial charge >= 0.3 is 6.09 Å². The van der Waals surface area contributed by atoms with E-state index in [4.69, 9.17) is 16.3 Å². The number of alkyl halides is 1. The second-order valence-corrected chi connectivity index (χ2v) is 8.28. The zero-order valence-electron chi connectivity index (χ0n) is 16.7. The second kappa shape index (κ2) is 8.80. The Labute approximate surface area is 182 Å². The number of amides is 1. The lowest BCUT2D eigenvalue weighted by molar-refractivity contribution is -0.0129. The van der Waals surface area contributed by atoms with Gasteiger partial charge in [0.15, 0.2) is 0 Å². The number of aromatic amines is 1. The van der Waals surface area contributed by atoms with Crippen LogP contribution < -0.4 is 0 Å². The molecule has 0 bridgehead atoms. The summed E-state index contributed by atoms with van der Waals surface area (Å²) in [7, 11) is 0. The van der Waals surface area contributed by atoms with E-state index in [0.29, 0.717) is 42.0 Å². The zero-order valence-corrected chi connectivity index (χ0v) is 17.4. The third-order valence-corrected chi connectivity index (χ3v) is 6.26. The molecule has 164 valence electrons. The van der Waals surface area contributed by atoms with Crippen LogP contribution in [0, 0.1) is 5.82 Å². The number of piperidine rings is 1. The van der Waals surface area contributed by atoms with E-state index < -0.39 is 24.3 Å². The fraction of sp³-hybridized carbons (Fsp3) is 0.364. The molecule has 1 saturated heterocycles. The van der Waals surface area contributed by atoms with Crippen molar-refractivity contribution in [2.45, 2.75) is 24.4 Å². The number of fused-ring (bicyclic) bond motifs is 1. The number of hydrogen-bond donors (Lipinski definition) is 2. The SMILES string of the molecule is O=C(O)N1CCC(COC(CF)c2cc(Cl)cc3cn[nH]c23)(c2ccc(F)cc2)CC1. The molecule has 0 aliphatic carbocycles. The number of likely N-dealkylation sites (tertiary alicyclic amines) is 1. The van der Waals surface area contributed by atoms with Crippen molar-refractivity contribution in [2.75, 3.05) is 26.4 Å². The first kappa shape index (κ1) is 21.5. The van der Waals surface area contributed by atoms with Crippen molar-refractivity contribution in [3.05, 3.63) is 64.6 Å². The number of benzene rings is 2. The van der Waals surface area contributed by atoms with Crippen LogP contribution in [0.2, 0.25) is 5.02 Å². The molecule has 2 aromatic carbocycles. The molecule has 4 rings (SSSR count). The fourth-order valence-corrected chi connectivity index (χ4v) is 4.46. The molecule has 1 unspecified atom stereocenters. The highest BCUT2D eigenvalue weighted by Gasteiger charge is 2.39. The maximum Gasteiger partial charge on any atom is 0.407 e. The quantitative estimate of drug-likeness (QED) is 0.549. The normalized spacial score (nSPS) is 17.1. The summed E-state index contributed by atoms with van der Waals surface area (Å²) in [5, 5.41) is 17.4. The van der Waals surface area contributed by atoms with Gasteiger partial charge in [-0.15, -0.1) is 0 Å². The molecule has 1 aromatic heterocycles. The summed E-state index contributed by atoms with van der Waals surface area (Å²) in [6.45, 7) is 0.0225. The first-order valence-electron chi connectivity index (χ1n) is 9.96. The van der Waals surface area contributed by atoms with Gasteiger partial charge in [-0.2, -0.15) is 5.10 Å². The van der Waals surface area contributed by atoms with Gasteiger partial charge in [0.25, 0.3) is 0 Å². The number of hydrogen-bond acceptors (Lipinski definition) is 3. The Balaban J connectivity index is 1.61. The Kier molecular flexibility index (Phi) is 6.11. The smallest absolute Gasteiger partial charge is 0.407 e. The largest absolute Gasteiger partial charge is 0.465 e. The molecule has 6 nitrogen and oxygen atoms in total. The Morgan fingerprint density at radius 2 is 2.00 bits per heavy atom. The summed E-state index contributed by atoms with van der Waals surface area (Å²) >= 11 is 6.20. The summed E-state index contributed by atoms with van der Waals surface area (Å²) in [4.78, 5) is 12.7. The number of carboxylic acid groups (broad SMARTS) is 1. The first-order valence-corrected chi connectivity index (χ1v) is 10.3. The fourth-order valence-electron chi connectivity index (χ4n) is 4.22. The van der Waals surface area contributed by atoms with Crippen LogP contribution in [0.25, 0.3) is 10.9 Å². The third kappa shape index (κ3) is 4.36. The average Bonchev–Trinajstić information content (AvgIpc) is 3.23. The molecule has 0 saturated carbocycles. The van der Waals surface area contributed by atoms with Gasteiger partial charge in [-0.3, -0.25) is 5.10 Å². The van der Waals surface area contributed by atoms with Crippen molar-refractivity contribution < 1.29 is 23.4 Å². The topological polar surface area (TPSA) is 78.4 Å². The van der Waals surface area contributed by atoms with Crippen LogP contribution in [-0.2, 0) is 10.2 Å². The van der Waals surface area contributed by atoms with E-state index in [1.54, 1.807) is 30.5 Å². The van der Waals surface area contributed by atoms with Crippen LogP contribution in [0.1, 0.15) is 30.1 Å². The highest BCUT2D eigenvalue weighted by atomic mass is 35.5. The summed E-state index contributed by atoms with van der Waals surface area (Å²) in [5.41, 5.74) is 1.51. The molecular weight excluding hydrogens is 428 g/mol. The van der Waals surface area contributed by atoms with E-state index in [-0.39, 0.29) is 12.4 Å². The Hall–Kier alpha value is -2.71. The lowest BCUT2D eigenvalue weighted by Crippen LogP contribution is -2.47. The highest BCUT2D eigenvalue weighted by molar-refractivity contribution is 6.31. The van der Waals surface area contributed by atoms with Gasteiger partial charge in [-0.05, 0) is 42.7 Å². The van der Waals surface area contributed by atoms with Crippen molar-refractivity contribution in [3.8, 4) is 0 Å². The minimum atomic E-state index is -0.976. The molecule has 9 heteroatoms. The number of ether oxygens (including phenoxy) is 1. The molecule has 1 aliphatic rings. The van der Waals surface area contributed by atoms with Crippen LogP contribution in [0.4, 0.5) is 13.6 Å². The molecule has 3 aromatic rings. The van der Waals surface area contributed by atoms with E-state index in [9.17, 15) is 18.7 Å². The van der Waals surface area contributed by atoms with Crippen molar-refractivity contribution in [1.29, 1.82) is 0 Å². The molecule has 1 fully saturated rings. The number of nitrogens with zero attached hydrogens (tertiary/aromatic N) is 2. The highest BCUT2D eigenvalue weighted by Crippen LogP contribution is 2.38. The Morgan fingerprint density at radius 3 is 2.65 bits per heavy atom. The van der Waals surface area contributed by atoms with Crippen LogP contribution in [0.3, 0.4) is 0 Å². The second-order valence-electron chi connectivity index (χ2n) is 7.84. The summed E-state index contributed by atoms with van der Waals surface area (Å²) in [6, 6.07) is 9.51. The van der Waals surface area contributed by atoms with Crippen molar-refractivity contribution in [3.63, 3.8) is 0 Å². The summed E-state index contributed by atoms with van der Waals surface area (Å²) < 4.78 is 33.7. The number of rotatable bonds is 6.